The van der Waals surface area contributed by atoms with Crippen LogP contribution in [0.2, 0.25) is 0 Å². The zero-order valence-electron chi connectivity index (χ0n) is 17.2. The molecule has 0 heterocycles. The minimum absolute atomic E-state index is 0.00928. The average molecular weight is 367 g/mol. The van der Waals surface area contributed by atoms with Crippen LogP contribution in [-0.4, -0.2) is 22.8 Å². The Morgan fingerprint density at radius 1 is 0.963 bits per heavy atom. The molecule has 0 radical (unpaired) electrons. The van der Waals surface area contributed by atoms with E-state index in [1.807, 2.05) is 76.2 Å². The molecule has 0 unspecified atom stereocenters. The zero-order chi connectivity index (χ0) is 20.2. The number of rotatable bonds is 6. The van der Waals surface area contributed by atoms with Crippen molar-refractivity contribution in [2.75, 3.05) is 5.32 Å². The first-order valence-electron chi connectivity index (χ1n) is 9.37. The summed E-state index contributed by atoms with van der Waals surface area (Å²) in [4.78, 5) is 28.0. The minimum Gasteiger partial charge on any atom is -0.335 e. The largest absolute Gasteiger partial charge is 0.335 e. The minimum atomic E-state index is -1.17. The Hall–Kier alpha value is -2.62. The van der Waals surface area contributed by atoms with Gasteiger partial charge in [-0.05, 0) is 58.2 Å². The van der Waals surface area contributed by atoms with E-state index in [0.717, 1.165) is 22.4 Å². The maximum atomic E-state index is 13.3. The maximum absolute atomic E-state index is 13.3. The lowest BCUT2D eigenvalue weighted by molar-refractivity contribution is -0.148. The van der Waals surface area contributed by atoms with Crippen LogP contribution in [0.1, 0.15) is 44.4 Å². The number of carbonyl (C=O) groups is 2. The molecule has 0 aliphatic carbocycles. The topological polar surface area (TPSA) is 49.4 Å². The van der Waals surface area contributed by atoms with Crippen molar-refractivity contribution < 1.29 is 9.59 Å². The fourth-order valence-corrected chi connectivity index (χ4v) is 3.01. The number of amides is 2. The first kappa shape index (κ1) is 20.7. The molecular weight excluding hydrogens is 336 g/mol. The van der Waals surface area contributed by atoms with Crippen molar-refractivity contribution in [2.24, 2.45) is 5.41 Å². The highest BCUT2D eigenvalue weighted by molar-refractivity contribution is 6.10. The third-order valence-electron chi connectivity index (χ3n) is 4.90. The van der Waals surface area contributed by atoms with Gasteiger partial charge in [-0.25, -0.2) is 0 Å². The van der Waals surface area contributed by atoms with E-state index in [1.54, 1.807) is 18.7 Å². The van der Waals surface area contributed by atoms with Crippen LogP contribution in [-0.2, 0) is 16.1 Å². The molecule has 4 nitrogen and oxygen atoms in total. The maximum Gasteiger partial charge on any atom is 0.239 e. The summed E-state index contributed by atoms with van der Waals surface area (Å²) in [5.74, 6) is -0.464. The van der Waals surface area contributed by atoms with E-state index in [9.17, 15) is 9.59 Å². The lowest BCUT2D eigenvalue weighted by Gasteiger charge is -2.34. The molecule has 0 fully saturated rings. The Balaban J connectivity index is 2.23. The van der Waals surface area contributed by atoms with Crippen LogP contribution >= 0.6 is 0 Å². The van der Waals surface area contributed by atoms with Gasteiger partial charge in [0.05, 0.1) is 0 Å². The summed E-state index contributed by atoms with van der Waals surface area (Å²) >= 11 is 0. The number of anilines is 1. The standard InChI is InChI=1S/C23H30N2O2/c1-16(2)25(15-19-13-8-7-9-14-19)22(27)23(5,6)21(26)24-20-17(3)11-10-12-18(20)4/h7-14,16H,15H2,1-6H3,(H,24,26). The third-order valence-corrected chi connectivity index (χ3v) is 4.90. The number of para-hydroxylation sites is 1. The summed E-state index contributed by atoms with van der Waals surface area (Å²) in [7, 11) is 0. The monoisotopic (exact) mass is 366 g/mol. The number of benzene rings is 2. The highest BCUT2D eigenvalue weighted by Crippen LogP contribution is 2.27. The predicted molar refractivity (Wildman–Crippen MR) is 110 cm³/mol. The summed E-state index contributed by atoms with van der Waals surface area (Å²) in [6.07, 6.45) is 0. The zero-order valence-corrected chi connectivity index (χ0v) is 17.2. The Morgan fingerprint density at radius 2 is 1.52 bits per heavy atom. The molecule has 2 amide bonds. The Bertz CT molecular complexity index is 790. The van der Waals surface area contributed by atoms with Crippen LogP contribution < -0.4 is 5.32 Å². The Labute approximate surface area is 162 Å². The van der Waals surface area contributed by atoms with Crippen molar-refractivity contribution in [3.05, 3.63) is 65.2 Å². The van der Waals surface area contributed by atoms with Crippen molar-refractivity contribution in [3.8, 4) is 0 Å². The summed E-state index contributed by atoms with van der Waals surface area (Å²) in [6.45, 7) is 11.7. The van der Waals surface area contributed by atoms with E-state index in [4.69, 9.17) is 0 Å². The van der Waals surface area contributed by atoms with Gasteiger partial charge in [-0.2, -0.15) is 0 Å². The molecule has 0 aliphatic heterocycles. The van der Waals surface area contributed by atoms with Gasteiger partial charge in [-0.3, -0.25) is 9.59 Å². The molecule has 0 aromatic heterocycles. The number of aryl methyl sites for hydroxylation is 2. The molecule has 0 spiro atoms. The number of hydrogen-bond acceptors (Lipinski definition) is 2. The molecule has 0 saturated carbocycles. The van der Waals surface area contributed by atoms with Crippen LogP contribution in [0.5, 0.6) is 0 Å². The SMILES string of the molecule is Cc1cccc(C)c1NC(=O)C(C)(C)C(=O)N(Cc1ccccc1)C(C)C. The summed E-state index contributed by atoms with van der Waals surface area (Å²) in [6, 6.07) is 15.7. The number of nitrogens with one attached hydrogen (secondary N) is 1. The fraction of sp³-hybridized carbons (Fsp3) is 0.391. The van der Waals surface area contributed by atoms with Gasteiger partial charge < -0.3 is 10.2 Å². The molecule has 2 aromatic rings. The quantitative estimate of drug-likeness (QED) is 0.753. The van der Waals surface area contributed by atoms with E-state index in [-0.39, 0.29) is 17.9 Å². The summed E-state index contributed by atoms with van der Waals surface area (Å²) in [5, 5.41) is 2.97. The molecule has 0 aliphatic rings. The van der Waals surface area contributed by atoms with E-state index in [2.05, 4.69) is 5.32 Å². The second kappa shape index (κ2) is 8.38. The van der Waals surface area contributed by atoms with Crippen molar-refractivity contribution in [2.45, 2.75) is 54.1 Å². The summed E-state index contributed by atoms with van der Waals surface area (Å²) in [5.41, 5.74) is 2.62. The van der Waals surface area contributed by atoms with Crippen molar-refractivity contribution in [1.29, 1.82) is 0 Å². The fourth-order valence-electron chi connectivity index (χ4n) is 3.01. The second-order valence-corrected chi connectivity index (χ2v) is 7.86. The number of carbonyl (C=O) groups excluding carboxylic acids is 2. The molecule has 4 heteroatoms. The smallest absolute Gasteiger partial charge is 0.239 e. The van der Waals surface area contributed by atoms with Crippen molar-refractivity contribution in [3.63, 3.8) is 0 Å². The number of hydrogen-bond donors (Lipinski definition) is 1. The molecular formula is C23H30N2O2. The van der Waals surface area contributed by atoms with Crippen LogP contribution in [0.3, 0.4) is 0 Å². The van der Waals surface area contributed by atoms with E-state index < -0.39 is 5.41 Å². The van der Waals surface area contributed by atoms with Gasteiger partial charge in [0.2, 0.25) is 11.8 Å². The first-order chi connectivity index (χ1) is 12.6. The molecule has 0 saturated heterocycles. The van der Waals surface area contributed by atoms with Crippen molar-refractivity contribution >= 4 is 17.5 Å². The second-order valence-electron chi connectivity index (χ2n) is 7.86. The highest BCUT2D eigenvalue weighted by Gasteiger charge is 2.40. The van der Waals surface area contributed by atoms with Gasteiger partial charge in [0.25, 0.3) is 0 Å². The molecule has 0 bridgehead atoms. The van der Waals surface area contributed by atoms with Crippen LogP contribution in [0, 0.1) is 19.3 Å². The Morgan fingerprint density at radius 3 is 2.04 bits per heavy atom. The average Bonchev–Trinajstić information content (AvgIpc) is 2.62. The molecule has 144 valence electrons. The van der Waals surface area contributed by atoms with Gasteiger partial charge in [0, 0.05) is 18.3 Å². The highest BCUT2D eigenvalue weighted by atomic mass is 16.2. The van der Waals surface area contributed by atoms with Gasteiger partial charge in [0.15, 0.2) is 0 Å². The summed E-state index contributed by atoms with van der Waals surface area (Å²) < 4.78 is 0. The molecule has 2 rings (SSSR count). The van der Waals surface area contributed by atoms with Crippen LogP contribution in [0.4, 0.5) is 5.69 Å². The van der Waals surface area contributed by atoms with E-state index >= 15 is 0 Å². The lowest BCUT2D eigenvalue weighted by atomic mass is 9.89. The van der Waals surface area contributed by atoms with E-state index in [1.165, 1.54) is 0 Å². The van der Waals surface area contributed by atoms with Gasteiger partial charge in [-0.15, -0.1) is 0 Å². The van der Waals surface area contributed by atoms with Crippen molar-refractivity contribution in [1.82, 2.24) is 4.90 Å². The normalized spacial score (nSPS) is 11.4. The van der Waals surface area contributed by atoms with Crippen LogP contribution in [0.25, 0.3) is 0 Å². The van der Waals surface area contributed by atoms with Crippen LogP contribution in [0.15, 0.2) is 48.5 Å². The van der Waals surface area contributed by atoms with Gasteiger partial charge >= 0.3 is 0 Å². The molecule has 2 aromatic carbocycles. The first-order valence-corrected chi connectivity index (χ1v) is 9.37. The molecule has 1 N–H and O–H groups in total. The molecule has 27 heavy (non-hydrogen) atoms. The van der Waals surface area contributed by atoms with Gasteiger partial charge in [0.1, 0.15) is 5.41 Å². The predicted octanol–water partition coefficient (Wildman–Crippen LogP) is 4.71. The van der Waals surface area contributed by atoms with Gasteiger partial charge in [-0.1, -0.05) is 48.5 Å². The number of nitrogens with zero attached hydrogens (tertiary/aromatic N) is 1. The third kappa shape index (κ3) is 4.76. The van der Waals surface area contributed by atoms with E-state index in [0.29, 0.717) is 6.54 Å². The lowest BCUT2D eigenvalue weighted by Crippen LogP contribution is -2.49. The Kier molecular flexibility index (Phi) is 6.42. The molecule has 0 atom stereocenters.